The zero-order valence-corrected chi connectivity index (χ0v) is 21.6. The van der Waals surface area contributed by atoms with Gasteiger partial charge in [0.15, 0.2) is 0 Å². The summed E-state index contributed by atoms with van der Waals surface area (Å²) >= 11 is 0. The van der Waals surface area contributed by atoms with Gasteiger partial charge in [0.05, 0.1) is 0 Å². The Morgan fingerprint density at radius 3 is 1.54 bits per heavy atom. The summed E-state index contributed by atoms with van der Waals surface area (Å²) in [5.74, 6) is 0.106. The summed E-state index contributed by atoms with van der Waals surface area (Å²) in [4.78, 5) is 0. The molecule has 0 heterocycles. The first-order valence-electron chi connectivity index (χ1n) is 12.3. The second-order valence-corrected chi connectivity index (χ2v) is 8.79. The molecule has 0 atom stereocenters. The third kappa shape index (κ3) is 8.92. The highest BCUT2D eigenvalue weighted by Crippen LogP contribution is 2.21. The number of nitrogens with one attached hydrogen (secondary N) is 1. The van der Waals surface area contributed by atoms with Crippen molar-refractivity contribution in [3.8, 4) is 22.3 Å². The molecule has 5 aromatic rings. The van der Waals surface area contributed by atoms with Crippen LogP contribution in [0.15, 0.2) is 133 Å². The smallest absolute Gasteiger partial charge is 0.122 e. The van der Waals surface area contributed by atoms with Gasteiger partial charge in [0.1, 0.15) is 5.84 Å². The van der Waals surface area contributed by atoms with Crippen molar-refractivity contribution in [1.29, 1.82) is 5.41 Å². The number of aryl methyl sites for hydroxylation is 2. The van der Waals surface area contributed by atoms with E-state index in [1.165, 1.54) is 33.4 Å². The third-order valence-corrected chi connectivity index (χ3v) is 5.76. The van der Waals surface area contributed by atoms with Crippen molar-refractivity contribution < 1.29 is 0 Å². The van der Waals surface area contributed by atoms with Crippen LogP contribution in [-0.2, 0) is 6.54 Å². The molecule has 0 aliphatic rings. The predicted molar refractivity (Wildman–Crippen MR) is 159 cm³/mol. The molecule has 3 nitrogen and oxygen atoms in total. The highest BCUT2D eigenvalue weighted by Gasteiger charge is 1.99. The van der Waals surface area contributed by atoms with Gasteiger partial charge in [0.25, 0.3) is 0 Å². The Bertz CT molecular complexity index is 1380. The van der Waals surface area contributed by atoms with Gasteiger partial charge >= 0.3 is 0 Å². The van der Waals surface area contributed by atoms with E-state index in [4.69, 9.17) is 16.9 Å². The van der Waals surface area contributed by atoms with Crippen LogP contribution in [0, 0.1) is 19.3 Å². The van der Waals surface area contributed by atoms with Crippen LogP contribution in [0.3, 0.4) is 0 Å². The normalized spacial score (nSPS) is 9.81. The van der Waals surface area contributed by atoms with Crippen LogP contribution in [0.4, 0.5) is 0 Å². The SMILES string of the molecule is Cc1cccc(-c2cccc(CN)c2)c1.Cc1ccccc1.N=C(N)c1ccc(-c2ccccc2)cc1. The van der Waals surface area contributed by atoms with Crippen LogP contribution < -0.4 is 11.5 Å². The van der Waals surface area contributed by atoms with E-state index in [-0.39, 0.29) is 5.84 Å². The average molecular weight is 486 g/mol. The van der Waals surface area contributed by atoms with E-state index in [9.17, 15) is 0 Å². The van der Waals surface area contributed by atoms with Gasteiger partial charge in [-0.15, -0.1) is 0 Å². The van der Waals surface area contributed by atoms with Crippen molar-refractivity contribution in [3.05, 3.63) is 156 Å². The number of hydrogen-bond donors (Lipinski definition) is 3. The maximum absolute atomic E-state index is 7.29. The Labute approximate surface area is 220 Å². The molecule has 37 heavy (non-hydrogen) atoms. The number of rotatable bonds is 4. The molecule has 0 amide bonds. The molecule has 0 radical (unpaired) electrons. The van der Waals surface area contributed by atoms with E-state index in [2.05, 4.69) is 86.6 Å². The van der Waals surface area contributed by atoms with Crippen LogP contribution in [-0.4, -0.2) is 5.84 Å². The van der Waals surface area contributed by atoms with E-state index < -0.39 is 0 Å². The minimum atomic E-state index is 0.106. The molecule has 3 heteroatoms. The maximum atomic E-state index is 7.29. The molecule has 0 saturated heterocycles. The van der Waals surface area contributed by atoms with Gasteiger partial charge in [0, 0.05) is 12.1 Å². The van der Waals surface area contributed by atoms with E-state index in [1.807, 2.05) is 60.7 Å². The van der Waals surface area contributed by atoms with Crippen molar-refractivity contribution in [1.82, 2.24) is 0 Å². The summed E-state index contributed by atoms with van der Waals surface area (Å²) in [7, 11) is 0. The van der Waals surface area contributed by atoms with Gasteiger partial charge in [-0.05, 0) is 47.7 Å². The topological polar surface area (TPSA) is 75.9 Å². The molecule has 5 N–H and O–H groups in total. The zero-order valence-electron chi connectivity index (χ0n) is 21.6. The molecule has 186 valence electrons. The Morgan fingerprint density at radius 1 is 0.541 bits per heavy atom. The molecule has 0 saturated carbocycles. The Hall–Kier alpha value is -4.47. The lowest BCUT2D eigenvalue weighted by Crippen LogP contribution is -2.10. The van der Waals surface area contributed by atoms with Crippen molar-refractivity contribution in [2.45, 2.75) is 20.4 Å². The molecule has 5 rings (SSSR count). The van der Waals surface area contributed by atoms with Gasteiger partial charge in [-0.1, -0.05) is 139 Å². The summed E-state index contributed by atoms with van der Waals surface area (Å²) in [5.41, 5.74) is 20.4. The minimum absolute atomic E-state index is 0.106. The number of nitrogens with two attached hydrogens (primary N) is 2. The standard InChI is InChI=1S/C14H15N.C13H12N2.C7H8/c1-11-4-2-6-13(8-11)14-7-3-5-12(9-14)10-15;14-13(15)12-8-6-11(7-9-12)10-4-2-1-3-5-10;1-7-5-3-2-4-6-7/h2-9H,10,15H2,1H3;1-9H,(H3,14,15);2-6H,1H3. The summed E-state index contributed by atoms with van der Waals surface area (Å²) in [6, 6.07) is 45.0. The quantitative estimate of drug-likeness (QED) is 0.180. The highest BCUT2D eigenvalue weighted by atomic mass is 14.7. The summed E-state index contributed by atoms with van der Waals surface area (Å²) in [6.45, 7) is 4.79. The lowest BCUT2D eigenvalue weighted by molar-refractivity contribution is 1.07. The molecule has 0 aromatic heterocycles. The second kappa shape index (κ2) is 14.2. The fraction of sp³-hybridized carbons (Fsp3) is 0.0882. The van der Waals surface area contributed by atoms with E-state index in [1.54, 1.807) is 0 Å². The van der Waals surface area contributed by atoms with Crippen LogP contribution >= 0.6 is 0 Å². The molecule has 0 fully saturated rings. The first-order valence-corrected chi connectivity index (χ1v) is 12.3. The van der Waals surface area contributed by atoms with Crippen LogP contribution in [0.5, 0.6) is 0 Å². The summed E-state index contributed by atoms with van der Waals surface area (Å²) in [6.07, 6.45) is 0. The third-order valence-electron chi connectivity index (χ3n) is 5.76. The molecule has 0 bridgehead atoms. The van der Waals surface area contributed by atoms with E-state index >= 15 is 0 Å². The second-order valence-electron chi connectivity index (χ2n) is 8.79. The first-order chi connectivity index (χ1) is 18.0. The fourth-order valence-electron chi connectivity index (χ4n) is 3.71. The van der Waals surface area contributed by atoms with Gasteiger partial charge < -0.3 is 11.5 Å². The summed E-state index contributed by atoms with van der Waals surface area (Å²) in [5, 5.41) is 7.29. The van der Waals surface area contributed by atoms with Crippen molar-refractivity contribution >= 4 is 5.84 Å². The number of amidine groups is 1. The van der Waals surface area contributed by atoms with E-state index in [0.717, 1.165) is 11.1 Å². The zero-order chi connectivity index (χ0) is 26.5. The Balaban J connectivity index is 0.000000165. The van der Waals surface area contributed by atoms with Crippen LogP contribution in [0.1, 0.15) is 22.3 Å². The lowest BCUT2D eigenvalue weighted by atomic mass is 10.0. The Kier molecular flexibility index (Phi) is 10.4. The lowest BCUT2D eigenvalue weighted by Gasteiger charge is -2.04. The number of benzene rings is 5. The number of hydrogen-bond acceptors (Lipinski definition) is 2. The maximum Gasteiger partial charge on any atom is 0.122 e. The first kappa shape index (κ1) is 27.1. The fourth-order valence-corrected chi connectivity index (χ4v) is 3.71. The van der Waals surface area contributed by atoms with Crippen LogP contribution in [0.2, 0.25) is 0 Å². The molecule has 0 aliphatic heterocycles. The van der Waals surface area contributed by atoms with Gasteiger partial charge in [0.2, 0.25) is 0 Å². The molecule has 0 aliphatic carbocycles. The van der Waals surface area contributed by atoms with Gasteiger partial charge in [-0.25, -0.2) is 0 Å². The molecule has 5 aromatic carbocycles. The summed E-state index contributed by atoms with van der Waals surface area (Å²) < 4.78 is 0. The largest absolute Gasteiger partial charge is 0.384 e. The predicted octanol–water partition coefficient (Wildman–Crippen LogP) is 7.75. The molecule has 0 spiro atoms. The van der Waals surface area contributed by atoms with Crippen molar-refractivity contribution in [2.24, 2.45) is 11.5 Å². The van der Waals surface area contributed by atoms with Crippen LogP contribution in [0.25, 0.3) is 22.3 Å². The molecular formula is C34H35N3. The molecular weight excluding hydrogens is 450 g/mol. The van der Waals surface area contributed by atoms with Crippen molar-refractivity contribution in [3.63, 3.8) is 0 Å². The molecule has 0 unspecified atom stereocenters. The Morgan fingerprint density at radius 2 is 1.03 bits per heavy atom. The number of nitrogen functional groups attached to an aromatic ring is 1. The average Bonchev–Trinajstić information content (AvgIpc) is 2.95. The van der Waals surface area contributed by atoms with Gasteiger partial charge in [-0.3, -0.25) is 5.41 Å². The van der Waals surface area contributed by atoms with Gasteiger partial charge in [-0.2, -0.15) is 0 Å². The highest BCUT2D eigenvalue weighted by molar-refractivity contribution is 5.95. The van der Waals surface area contributed by atoms with E-state index in [0.29, 0.717) is 6.54 Å². The monoisotopic (exact) mass is 485 g/mol. The minimum Gasteiger partial charge on any atom is -0.384 e. The van der Waals surface area contributed by atoms with Crippen molar-refractivity contribution in [2.75, 3.05) is 0 Å².